The van der Waals surface area contributed by atoms with E-state index in [4.69, 9.17) is 0 Å². The molecule has 0 unspecified atom stereocenters. The molecule has 2 heteroatoms. The molecule has 0 spiro atoms. The quantitative estimate of drug-likeness (QED) is 0.765. The van der Waals surface area contributed by atoms with E-state index in [1.165, 1.54) is 0 Å². The lowest BCUT2D eigenvalue weighted by atomic mass is 10.1. The molecule has 0 bridgehead atoms. The Balaban J connectivity index is 2.62. The predicted molar refractivity (Wildman–Crippen MR) is 54.8 cm³/mol. The van der Waals surface area contributed by atoms with Crippen LogP contribution in [0.1, 0.15) is 20.3 Å². The first-order valence-electron chi connectivity index (χ1n) is 4.56. The maximum atomic E-state index is 11.1. The molecule has 0 aliphatic heterocycles. The van der Waals surface area contributed by atoms with E-state index >= 15 is 0 Å². The molecule has 1 aromatic carbocycles. The van der Waals surface area contributed by atoms with Crippen molar-refractivity contribution in [2.45, 2.75) is 26.3 Å². The number of anilines is 1. The third-order valence-corrected chi connectivity index (χ3v) is 2.01. The number of ketones is 1. The van der Waals surface area contributed by atoms with Crippen LogP contribution in [-0.2, 0) is 4.79 Å². The third-order valence-electron chi connectivity index (χ3n) is 2.01. The summed E-state index contributed by atoms with van der Waals surface area (Å²) >= 11 is 0. The van der Waals surface area contributed by atoms with Crippen molar-refractivity contribution >= 4 is 11.5 Å². The second-order valence-corrected chi connectivity index (χ2v) is 3.08. The second-order valence-electron chi connectivity index (χ2n) is 3.08. The lowest BCUT2D eigenvalue weighted by Crippen LogP contribution is -2.26. The molecule has 1 rings (SSSR count). The highest BCUT2D eigenvalue weighted by molar-refractivity contribution is 5.84. The van der Waals surface area contributed by atoms with E-state index < -0.39 is 0 Å². The van der Waals surface area contributed by atoms with Crippen molar-refractivity contribution < 1.29 is 4.79 Å². The van der Waals surface area contributed by atoms with Crippen LogP contribution >= 0.6 is 0 Å². The Bertz CT molecular complexity index is 269. The number of rotatable bonds is 4. The molecule has 1 atom stereocenters. The van der Waals surface area contributed by atoms with Gasteiger partial charge >= 0.3 is 0 Å². The summed E-state index contributed by atoms with van der Waals surface area (Å²) in [6.45, 7) is 3.62. The molecule has 0 saturated heterocycles. The van der Waals surface area contributed by atoms with Crippen LogP contribution in [0, 0.1) is 0 Å². The molecular weight excluding hydrogens is 162 g/mol. The van der Waals surface area contributed by atoms with Crippen molar-refractivity contribution in [1.29, 1.82) is 0 Å². The summed E-state index contributed by atoms with van der Waals surface area (Å²) in [6.07, 6.45) is 0.824. The molecular formula is C11H15NO. The lowest BCUT2D eigenvalue weighted by molar-refractivity contribution is -0.117. The summed E-state index contributed by atoms with van der Waals surface area (Å²) in [6, 6.07) is 9.74. The molecule has 70 valence electrons. The van der Waals surface area contributed by atoms with Gasteiger partial charge in [-0.15, -0.1) is 0 Å². The van der Waals surface area contributed by atoms with Crippen LogP contribution in [0.3, 0.4) is 0 Å². The molecule has 0 aliphatic rings. The van der Waals surface area contributed by atoms with Crippen LogP contribution in [0.4, 0.5) is 5.69 Å². The molecule has 1 N–H and O–H groups in total. The van der Waals surface area contributed by atoms with Crippen LogP contribution in [0.25, 0.3) is 0 Å². The molecule has 0 aliphatic carbocycles. The second kappa shape index (κ2) is 4.65. The lowest BCUT2D eigenvalue weighted by Gasteiger charge is -2.14. The number of hydrogen-bond donors (Lipinski definition) is 1. The molecule has 0 fully saturated rings. The summed E-state index contributed by atoms with van der Waals surface area (Å²) in [5, 5.41) is 3.18. The van der Waals surface area contributed by atoms with Gasteiger partial charge < -0.3 is 5.32 Å². The average Bonchev–Trinajstić information content (AvgIpc) is 2.15. The largest absolute Gasteiger partial charge is 0.375 e. The van der Waals surface area contributed by atoms with Gasteiger partial charge in [0.25, 0.3) is 0 Å². The van der Waals surface area contributed by atoms with Gasteiger partial charge in [0.15, 0.2) is 5.78 Å². The summed E-state index contributed by atoms with van der Waals surface area (Å²) in [7, 11) is 0. The number of benzene rings is 1. The number of hydrogen-bond acceptors (Lipinski definition) is 2. The Morgan fingerprint density at radius 3 is 2.46 bits per heavy atom. The van der Waals surface area contributed by atoms with Gasteiger partial charge in [0.1, 0.15) is 0 Å². The topological polar surface area (TPSA) is 29.1 Å². The molecule has 0 amide bonds. The molecule has 2 nitrogen and oxygen atoms in total. The molecule has 0 saturated carbocycles. The van der Waals surface area contributed by atoms with Crippen molar-refractivity contribution in [2.75, 3.05) is 5.32 Å². The summed E-state index contributed by atoms with van der Waals surface area (Å²) < 4.78 is 0. The van der Waals surface area contributed by atoms with Crippen LogP contribution < -0.4 is 5.32 Å². The van der Waals surface area contributed by atoms with Gasteiger partial charge in [-0.2, -0.15) is 0 Å². The fourth-order valence-corrected chi connectivity index (χ4v) is 1.23. The number of nitrogens with one attached hydrogen (secondary N) is 1. The van der Waals surface area contributed by atoms with Crippen molar-refractivity contribution in [3.05, 3.63) is 30.3 Å². The van der Waals surface area contributed by atoms with Gasteiger partial charge in [-0.25, -0.2) is 0 Å². The van der Waals surface area contributed by atoms with Crippen LogP contribution in [0.2, 0.25) is 0 Å². The summed E-state index contributed by atoms with van der Waals surface area (Å²) in [5.74, 6) is 0.186. The fourth-order valence-electron chi connectivity index (χ4n) is 1.23. The van der Waals surface area contributed by atoms with E-state index in [0.29, 0.717) is 0 Å². The number of carbonyl (C=O) groups is 1. The zero-order valence-electron chi connectivity index (χ0n) is 8.08. The number of carbonyl (C=O) groups excluding carboxylic acids is 1. The first-order valence-corrected chi connectivity index (χ1v) is 4.56. The molecule has 13 heavy (non-hydrogen) atoms. The van der Waals surface area contributed by atoms with E-state index in [-0.39, 0.29) is 11.8 Å². The Morgan fingerprint density at radius 1 is 1.38 bits per heavy atom. The molecule has 0 heterocycles. The molecule has 0 aromatic heterocycles. The van der Waals surface area contributed by atoms with Crippen molar-refractivity contribution in [3.8, 4) is 0 Å². The van der Waals surface area contributed by atoms with E-state index in [0.717, 1.165) is 12.1 Å². The Labute approximate surface area is 79.0 Å². The zero-order valence-corrected chi connectivity index (χ0v) is 8.08. The van der Waals surface area contributed by atoms with Gasteiger partial charge in [0.05, 0.1) is 6.04 Å². The van der Waals surface area contributed by atoms with Gasteiger partial charge in [-0.1, -0.05) is 25.1 Å². The minimum Gasteiger partial charge on any atom is -0.375 e. The Hall–Kier alpha value is -1.31. The summed E-state index contributed by atoms with van der Waals surface area (Å²) in [4.78, 5) is 11.1. The van der Waals surface area contributed by atoms with Crippen molar-refractivity contribution in [1.82, 2.24) is 0 Å². The zero-order chi connectivity index (χ0) is 9.68. The molecule has 0 radical (unpaired) electrons. The maximum Gasteiger partial charge on any atom is 0.151 e. The van der Waals surface area contributed by atoms with E-state index in [2.05, 4.69) is 5.32 Å². The van der Waals surface area contributed by atoms with Crippen LogP contribution in [0.15, 0.2) is 30.3 Å². The van der Waals surface area contributed by atoms with Crippen LogP contribution in [0.5, 0.6) is 0 Å². The summed E-state index contributed by atoms with van der Waals surface area (Å²) in [5.41, 5.74) is 1.00. The standard InChI is InChI=1S/C11H15NO/c1-3-11(9(2)13)12-10-7-5-4-6-8-10/h4-8,11-12H,3H2,1-2H3/t11-/m1/s1. The first kappa shape index (κ1) is 9.78. The van der Waals surface area contributed by atoms with Gasteiger partial charge in [-0.05, 0) is 25.5 Å². The highest BCUT2D eigenvalue weighted by Crippen LogP contribution is 2.08. The predicted octanol–water partition coefficient (Wildman–Crippen LogP) is 2.47. The molecule has 1 aromatic rings. The number of Topliss-reactive ketones (excluding diaryl/α,β-unsaturated/α-hetero) is 1. The average molecular weight is 177 g/mol. The normalized spacial score (nSPS) is 12.2. The van der Waals surface area contributed by atoms with Gasteiger partial charge in [-0.3, -0.25) is 4.79 Å². The fraction of sp³-hybridized carbons (Fsp3) is 0.364. The van der Waals surface area contributed by atoms with E-state index in [1.54, 1.807) is 6.92 Å². The maximum absolute atomic E-state index is 11.1. The van der Waals surface area contributed by atoms with Gasteiger partial charge in [0, 0.05) is 5.69 Å². The Morgan fingerprint density at radius 2 is 2.00 bits per heavy atom. The monoisotopic (exact) mass is 177 g/mol. The third kappa shape index (κ3) is 2.90. The SMILES string of the molecule is CC[C@@H](Nc1ccccc1)C(C)=O. The van der Waals surface area contributed by atoms with E-state index in [1.807, 2.05) is 37.3 Å². The smallest absolute Gasteiger partial charge is 0.151 e. The first-order chi connectivity index (χ1) is 6.24. The van der Waals surface area contributed by atoms with Crippen LogP contribution in [-0.4, -0.2) is 11.8 Å². The minimum atomic E-state index is -0.0533. The van der Waals surface area contributed by atoms with Crippen molar-refractivity contribution in [2.24, 2.45) is 0 Å². The van der Waals surface area contributed by atoms with Gasteiger partial charge in [0.2, 0.25) is 0 Å². The number of para-hydroxylation sites is 1. The minimum absolute atomic E-state index is 0.0533. The highest BCUT2D eigenvalue weighted by atomic mass is 16.1. The van der Waals surface area contributed by atoms with E-state index in [9.17, 15) is 4.79 Å². The highest BCUT2D eigenvalue weighted by Gasteiger charge is 2.09. The Kier molecular flexibility index (Phi) is 3.50. The van der Waals surface area contributed by atoms with Crippen molar-refractivity contribution in [3.63, 3.8) is 0 Å².